The predicted octanol–water partition coefficient (Wildman–Crippen LogP) is 1.81. The number of aryl methyl sites for hydroxylation is 1. The number of likely N-dealkylation sites (tertiary alicyclic amines) is 1. The molecule has 1 saturated heterocycles. The molecule has 4 nitrogen and oxygen atoms in total. The molecule has 1 unspecified atom stereocenters. The lowest BCUT2D eigenvalue weighted by atomic mass is 9.95. The van der Waals surface area contributed by atoms with Gasteiger partial charge in [0.05, 0.1) is 5.69 Å². The van der Waals surface area contributed by atoms with Crippen molar-refractivity contribution in [2.24, 2.45) is 13.0 Å². The zero-order valence-electron chi connectivity index (χ0n) is 9.77. The lowest BCUT2D eigenvalue weighted by Crippen LogP contribution is -2.35. The monoisotopic (exact) mass is 286 g/mol. The van der Waals surface area contributed by atoms with Crippen molar-refractivity contribution in [2.75, 3.05) is 18.4 Å². The molecule has 0 radical (unpaired) electrons. The van der Waals surface area contributed by atoms with Gasteiger partial charge in [0.1, 0.15) is 0 Å². The maximum absolute atomic E-state index is 4.14. The highest BCUT2D eigenvalue weighted by molar-refractivity contribution is 9.09. The number of rotatable bonds is 4. The summed E-state index contributed by atoms with van der Waals surface area (Å²) < 4.78 is 1.77. The molecule has 0 saturated carbocycles. The van der Waals surface area contributed by atoms with Gasteiger partial charge in [-0.1, -0.05) is 21.1 Å². The van der Waals surface area contributed by atoms with Crippen molar-refractivity contribution in [2.45, 2.75) is 25.8 Å². The van der Waals surface area contributed by atoms with E-state index in [9.17, 15) is 0 Å². The fourth-order valence-electron chi connectivity index (χ4n) is 2.38. The summed E-state index contributed by atoms with van der Waals surface area (Å²) in [4.78, 5) is 2.50. The second kappa shape index (κ2) is 5.77. The van der Waals surface area contributed by atoms with Gasteiger partial charge in [0.2, 0.25) is 0 Å². The van der Waals surface area contributed by atoms with Crippen LogP contribution < -0.4 is 0 Å². The van der Waals surface area contributed by atoms with E-state index in [-0.39, 0.29) is 0 Å². The highest BCUT2D eigenvalue weighted by Gasteiger charge is 2.19. The molecule has 0 bridgehead atoms. The molecular weight excluding hydrogens is 268 g/mol. The normalized spacial score (nSPS) is 22.5. The minimum absolute atomic E-state index is 0.852. The molecule has 1 aromatic rings. The number of hydrogen-bond acceptors (Lipinski definition) is 3. The highest BCUT2D eigenvalue weighted by Crippen LogP contribution is 2.21. The third kappa shape index (κ3) is 3.28. The molecule has 0 N–H and O–H groups in total. The molecule has 0 spiro atoms. The first-order chi connectivity index (χ1) is 7.78. The molecule has 1 aliphatic heterocycles. The van der Waals surface area contributed by atoms with E-state index in [2.05, 4.69) is 31.1 Å². The van der Waals surface area contributed by atoms with E-state index >= 15 is 0 Å². The number of aromatic nitrogens is 3. The van der Waals surface area contributed by atoms with E-state index in [1.54, 1.807) is 4.68 Å². The van der Waals surface area contributed by atoms with Crippen molar-refractivity contribution in [3.05, 3.63) is 11.9 Å². The van der Waals surface area contributed by atoms with Gasteiger partial charge in [0.15, 0.2) is 0 Å². The second-order valence-corrected chi connectivity index (χ2v) is 5.40. The molecule has 0 aromatic carbocycles. The minimum Gasteiger partial charge on any atom is -0.297 e. The fraction of sp³-hybridized carbons (Fsp3) is 0.818. The Labute approximate surface area is 105 Å². The Morgan fingerprint density at radius 1 is 1.56 bits per heavy atom. The van der Waals surface area contributed by atoms with Crippen LogP contribution in [0.5, 0.6) is 0 Å². The van der Waals surface area contributed by atoms with Gasteiger partial charge >= 0.3 is 0 Å². The minimum atomic E-state index is 0.852. The molecule has 5 heteroatoms. The first kappa shape index (κ1) is 12.0. The Kier molecular flexibility index (Phi) is 4.35. The summed E-state index contributed by atoms with van der Waals surface area (Å²) >= 11 is 3.53. The molecule has 1 aliphatic rings. The second-order valence-electron chi connectivity index (χ2n) is 4.60. The first-order valence-corrected chi connectivity index (χ1v) is 7.03. The van der Waals surface area contributed by atoms with E-state index in [1.165, 1.54) is 32.4 Å². The average molecular weight is 287 g/mol. The summed E-state index contributed by atoms with van der Waals surface area (Å²) in [6, 6.07) is 0. The van der Waals surface area contributed by atoms with E-state index in [0.717, 1.165) is 23.5 Å². The smallest absolute Gasteiger partial charge is 0.0967 e. The number of halogens is 1. The topological polar surface area (TPSA) is 34.0 Å². The van der Waals surface area contributed by atoms with Gasteiger partial charge in [-0.05, 0) is 31.7 Å². The maximum Gasteiger partial charge on any atom is 0.0967 e. The first-order valence-electron chi connectivity index (χ1n) is 5.91. The van der Waals surface area contributed by atoms with Gasteiger partial charge in [-0.2, -0.15) is 0 Å². The van der Waals surface area contributed by atoms with E-state index in [0.29, 0.717) is 0 Å². The van der Waals surface area contributed by atoms with Crippen LogP contribution in [-0.2, 0) is 13.6 Å². The van der Waals surface area contributed by atoms with Crippen LogP contribution in [0.1, 0.15) is 25.0 Å². The molecule has 1 atom stereocenters. The lowest BCUT2D eigenvalue weighted by Gasteiger charge is -2.31. The van der Waals surface area contributed by atoms with Crippen LogP contribution in [0, 0.1) is 5.92 Å². The maximum atomic E-state index is 4.14. The largest absolute Gasteiger partial charge is 0.297 e. The van der Waals surface area contributed by atoms with Crippen molar-refractivity contribution in [1.82, 2.24) is 19.9 Å². The zero-order chi connectivity index (χ0) is 11.4. The lowest BCUT2D eigenvalue weighted by molar-refractivity contribution is 0.164. The Morgan fingerprint density at radius 2 is 2.44 bits per heavy atom. The zero-order valence-corrected chi connectivity index (χ0v) is 11.4. The van der Waals surface area contributed by atoms with E-state index in [1.807, 2.05) is 13.2 Å². The molecule has 90 valence electrons. The summed E-state index contributed by atoms with van der Waals surface area (Å²) in [5, 5.41) is 9.23. The summed E-state index contributed by atoms with van der Waals surface area (Å²) in [7, 11) is 1.92. The van der Waals surface area contributed by atoms with Crippen LogP contribution in [0.3, 0.4) is 0 Å². The van der Waals surface area contributed by atoms with Gasteiger partial charge in [0.25, 0.3) is 0 Å². The molecule has 2 heterocycles. The standard InChI is InChI=1S/C11H19BrN4/c1-15-8-11(13-14-15)9-16-6-2-3-10(7-16)4-5-12/h8,10H,2-7,9H2,1H3. The predicted molar refractivity (Wildman–Crippen MR) is 67.4 cm³/mol. The molecule has 16 heavy (non-hydrogen) atoms. The molecule has 0 aliphatic carbocycles. The Bertz CT molecular complexity index is 324. The number of hydrogen-bond donors (Lipinski definition) is 0. The van der Waals surface area contributed by atoms with Crippen molar-refractivity contribution in [1.29, 1.82) is 0 Å². The van der Waals surface area contributed by atoms with Crippen LogP contribution in [0.15, 0.2) is 6.20 Å². The number of piperidine rings is 1. The summed E-state index contributed by atoms with van der Waals surface area (Å²) in [6.45, 7) is 3.37. The van der Waals surface area contributed by atoms with Crippen LogP contribution >= 0.6 is 15.9 Å². The van der Waals surface area contributed by atoms with Crippen LogP contribution in [0.4, 0.5) is 0 Å². The van der Waals surface area contributed by atoms with Gasteiger partial charge in [-0.25, -0.2) is 0 Å². The molecule has 1 aromatic heterocycles. The van der Waals surface area contributed by atoms with Gasteiger partial charge in [-0.15, -0.1) is 5.10 Å². The molecule has 0 amide bonds. The Balaban J connectivity index is 1.85. The summed E-state index contributed by atoms with van der Waals surface area (Å²) in [5.74, 6) is 0.852. The number of alkyl halides is 1. The van der Waals surface area contributed by atoms with E-state index in [4.69, 9.17) is 0 Å². The van der Waals surface area contributed by atoms with Gasteiger partial charge < -0.3 is 0 Å². The Morgan fingerprint density at radius 3 is 3.12 bits per heavy atom. The summed E-state index contributed by atoms with van der Waals surface area (Å²) in [6.07, 6.45) is 5.99. The van der Waals surface area contributed by atoms with Crippen molar-refractivity contribution < 1.29 is 0 Å². The van der Waals surface area contributed by atoms with Crippen LogP contribution in [-0.4, -0.2) is 38.3 Å². The average Bonchev–Trinajstić information content (AvgIpc) is 2.65. The SMILES string of the molecule is Cn1cc(CN2CCCC(CCBr)C2)nn1. The molecular formula is C11H19BrN4. The highest BCUT2D eigenvalue weighted by atomic mass is 79.9. The van der Waals surface area contributed by atoms with Gasteiger partial charge in [-0.3, -0.25) is 9.58 Å². The van der Waals surface area contributed by atoms with Crippen molar-refractivity contribution >= 4 is 15.9 Å². The van der Waals surface area contributed by atoms with Gasteiger partial charge in [0, 0.05) is 31.7 Å². The third-order valence-corrected chi connectivity index (χ3v) is 3.61. The quantitative estimate of drug-likeness (QED) is 0.792. The van der Waals surface area contributed by atoms with Crippen LogP contribution in [0.25, 0.3) is 0 Å². The summed E-state index contributed by atoms with van der Waals surface area (Å²) in [5.41, 5.74) is 1.09. The fourth-order valence-corrected chi connectivity index (χ4v) is 3.03. The van der Waals surface area contributed by atoms with Crippen molar-refractivity contribution in [3.8, 4) is 0 Å². The third-order valence-electron chi connectivity index (χ3n) is 3.16. The molecule has 1 fully saturated rings. The Hall–Kier alpha value is -0.420. The van der Waals surface area contributed by atoms with E-state index < -0.39 is 0 Å². The number of nitrogens with zero attached hydrogens (tertiary/aromatic N) is 4. The van der Waals surface area contributed by atoms with Crippen LogP contribution in [0.2, 0.25) is 0 Å². The van der Waals surface area contributed by atoms with Crippen molar-refractivity contribution in [3.63, 3.8) is 0 Å². The molecule has 2 rings (SSSR count).